The van der Waals surface area contributed by atoms with Gasteiger partial charge in [-0.05, 0) is 31.9 Å². The van der Waals surface area contributed by atoms with E-state index in [4.69, 9.17) is 4.74 Å². The second-order valence-corrected chi connectivity index (χ2v) is 9.76. The van der Waals surface area contributed by atoms with Crippen molar-refractivity contribution in [1.29, 1.82) is 0 Å². The van der Waals surface area contributed by atoms with Crippen molar-refractivity contribution in [3.05, 3.63) is 47.6 Å². The van der Waals surface area contributed by atoms with E-state index < -0.39 is 10.0 Å². The molecule has 0 saturated heterocycles. The monoisotopic (exact) mass is 460 g/mol. The van der Waals surface area contributed by atoms with Gasteiger partial charge in [0, 0.05) is 12.4 Å². The Labute approximate surface area is 183 Å². The van der Waals surface area contributed by atoms with Crippen LogP contribution in [0.3, 0.4) is 0 Å². The van der Waals surface area contributed by atoms with Gasteiger partial charge >= 0.3 is 0 Å². The summed E-state index contributed by atoms with van der Waals surface area (Å²) in [5.74, 6) is 0.0404. The molecular formula is C19H20N6O4S2. The van der Waals surface area contributed by atoms with Crippen LogP contribution >= 0.6 is 11.3 Å². The maximum atomic E-state index is 12.5. The molecule has 1 fully saturated rings. The van der Waals surface area contributed by atoms with E-state index in [2.05, 4.69) is 30.0 Å². The molecule has 31 heavy (non-hydrogen) atoms. The molecule has 10 nitrogen and oxygen atoms in total. The van der Waals surface area contributed by atoms with Crippen molar-refractivity contribution in [2.75, 3.05) is 11.3 Å². The molecule has 3 aromatic rings. The molecule has 3 heterocycles. The molecule has 0 aliphatic heterocycles. The zero-order chi connectivity index (χ0) is 21.8. The molecule has 12 heteroatoms. The predicted molar refractivity (Wildman–Crippen MR) is 115 cm³/mol. The lowest BCUT2D eigenvalue weighted by molar-refractivity contribution is 0.0950. The molecule has 0 aromatic carbocycles. The van der Waals surface area contributed by atoms with Crippen molar-refractivity contribution in [2.24, 2.45) is 0 Å². The van der Waals surface area contributed by atoms with Gasteiger partial charge in [0.15, 0.2) is 5.01 Å². The lowest BCUT2D eigenvalue weighted by atomic mass is 10.3. The third-order valence-corrected chi connectivity index (χ3v) is 7.21. The Balaban J connectivity index is 1.38. The van der Waals surface area contributed by atoms with Gasteiger partial charge in [0.05, 0.1) is 47.1 Å². The van der Waals surface area contributed by atoms with Crippen molar-refractivity contribution >= 4 is 33.0 Å². The van der Waals surface area contributed by atoms with Gasteiger partial charge in [-0.2, -0.15) is 0 Å². The molecule has 2 N–H and O–H groups in total. The van der Waals surface area contributed by atoms with Crippen LogP contribution in [0.25, 0.3) is 10.6 Å². The molecular weight excluding hydrogens is 440 g/mol. The lowest BCUT2D eigenvalue weighted by Gasteiger charge is -2.08. The number of carbonyl (C=O) groups is 1. The van der Waals surface area contributed by atoms with Crippen LogP contribution in [0.15, 0.2) is 36.9 Å². The maximum Gasteiger partial charge on any atom is 0.280 e. The molecule has 0 bridgehead atoms. The van der Waals surface area contributed by atoms with Gasteiger partial charge in [-0.25, -0.2) is 18.4 Å². The van der Waals surface area contributed by atoms with Crippen LogP contribution in [-0.2, 0) is 16.6 Å². The highest BCUT2D eigenvalue weighted by Crippen LogP contribution is 2.29. The number of aromatic nitrogens is 4. The van der Waals surface area contributed by atoms with Gasteiger partial charge in [0.1, 0.15) is 5.69 Å². The summed E-state index contributed by atoms with van der Waals surface area (Å²) < 4.78 is 32.1. The molecule has 0 unspecified atom stereocenters. The molecule has 3 aromatic heterocycles. The van der Waals surface area contributed by atoms with Crippen molar-refractivity contribution < 1.29 is 17.9 Å². The molecule has 1 aliphatic rings. The van der Waals surface area contributed by atoms with E-state index in [9.17, 15) is 13.2 Å². The quantitative estimate of drug-likeness (QED) is 0.496. The molecule has 0 atom stereocenters. The molecule has 4 rings (SSSR count). The van der Waals surface area contributed by atoms with Crippen molar-refractivity contribution in [2.45, 2.75) is 31.6 Å². The number of ether oxygens (including phenoxy) is 1. The zero-order valence-electron chi connectivity index (χ0n) is 16.6. The summed E-state index contributed by atoms with van der Waals surface area (Å²) in [4.78, 5) is 29.9. The van der Waals surface area contributed by atoms with Gasteiger partial charge in [-0.3, -0.25) is 19.5 Å². The van der Waals surface area contributed by atoms with Gasteiger partial charge < -0.3 is 10.1 Å². The lowest BCUT2D eigenvalue weighted by Crippen LogP contribution is -2.23. The van der Waals surface area contributed by atoms with Gasteiger partial charge in [0.2, 0.25) is 15.9 Å². The maximum absolute atomic E-state index is 12.5. The first-order valence-corrected chi connectivity index (χ1v) is 12.0. The van der Waals surface area contributed by atoms with Gasteiger partial charge in [-0.15, -0.1) is 11.3 Å². The van der Waals surface area contributed by atoms with Crippen LogP contribution in [0.5, 0.6) is 5.88 Å². The van der Waals surface area contributed by atoms with E-state index in [0.717, 1.165) is 0 Å². The number of sulfonamides is 1. The van der Waals surface area contributed by atoms with Crippen LogP contribution in [0.4, 0.5) is 5.69 Å². The Morgan fingerprint density at radius 1 is 1.26 bits per heavy atom. The second kappa shape index (κ2) is 8.94. The highest BCUT2D eigenvalue weighted by atomic mass is 32.2. The number of rotatable bonds is 9. The Kier molecular flexibility index (Phi) is 6.09. The highest BCUT2D eigenvalue weighted by Gasteiger charge is 2.35. The minimum absolute atomic E-state index is 0.131. The van der Waals surface area contributed by atoms with Crippen LogP contribution in [-0.4, -0.2) is 46.1 Å². The summed E-state index contributed by atoms with van der Waals surface area (Å²) in [5, 5.41) is 2.70. The summed E-state index contributed by atoms with van der Waals surface area (Å²) in [6.45, 7) is 2.47. The third-order valence-electron chi connectivity index (χ3n) is 4.33. The summed E-state index contributed by atoms with van der Waals surface area (Å²) in [7, 11) is -3.36. The van der Waals surface area contributed by atoms with Gasteiger partial charge in [-0.1, -0.05) is 0 Å². The smallest absolute Gasteiger partial charge is 0.280 e. The van der Waals surface area contributed by atoms with Crippen LogP contribution in [0.1, 0.15) is 35.3 Å². The third kappa shape index (κ3) is 5.33. The van der Waals surface area contributed by atoms with E-state index in [1.165, 1.54) is 23.7 Å². The Morgan fingerprint density at radius 3 is 2.87 bits per heavy atom. The van der Waals surface area contributed by atoms with Gasteiger partial charge in [0.25, 0.3) is 5.91 Å². The number of carbonyl (C=O) groups excluding carboxylic acids is 1. The molecule has 1 saturated carbocycles. The number of thiazole rings is 1. The van der Waals surface area contributed by atoms with E-state index in [1.807, 2.05) is 6.92 Å². The molecule has 0 radical (unpaired) electrons. The van der Waals surface area contributed by atoms with E-state index >= 15 is 0 Å². The number of hydrogen-bond donors (Lipinski definition) is 2. The van der Waals surface area contributed by atoms with E-state index in [-0.39, 0.29) is 22.7 Å². The fourth-order valence-electron chi connectivity index (χ4n) is 2.69. The zero-order valence-corrected chi connectivity index (χ0v) is 18.2. The number of anilines is 1. The first-order chi connectivity index (χ1) is 14.9. The predicted octanol–water partition coefficient (Wildman–Crippen LogP) is 2.23. The molecule has 0 spiro atoms. The average Bonchev–Trinajstić information content (AvgIpc) is 3.51. The van der Waals surface area contributed by atoms with E-state index in [1.54, 1.807) is 24.5 Å². The number of nitrogens with one attached hydrogen (secondary N) is 2. The van der Waals surface area contributed by atoms with Crippen LogP contribution in [0, 0.1) is 0 Å². The first-order valence-electron chi connectivity index (χ1n) is 9.60. The topological polar surface area (TPSA) is 136 Å². The Morgan fingerprint density at radius 2 is 2.10 bits per heavy atom. The largest absolute Gasteiger partial charge is 0.477 e. The Bertz CT molecular complexity index is 1190. The summed E-state index contributed by atoms with van der Waals surface area (Å²) in [6, 6.07) is 3.18. The number of pyridine rings is 1. The summed E-state index contributed by atoms with van der Waals surface area (Å²) >= 11 is 1.18. The molecule has 1 aliphatic carbocycles. The SMILES string of the molecule is CCOc1cncc(-c2cnc(C(=O)NCc3cc(NS(=O)(=O)C4CC4)ccn3)s2)n1. The fourth-order valence-corrected chi connectivity index (χ4v) is 4.86. The minimum atomic E-state index is -3.36. The Hall–Kier alpha value is -3.12. The number of amides is 1. The highest BCUT2D eigenvalue weighted by molar-refractivity contribution is 7.93. The van der Waals surface area contributed by atoms with Crippen LogP contribution < -0.4 is 14.8 Å². The first kappa shape index (κ1) is 21.1. The van der Waals surface area contributed by atoms with Crippen molar-refractivity contribution in [3.8, 4) is 16.5 Å². The minimum Gasteiger partial charge on any atom is -0.477 e. The van der Waals surface area contributed by atoms with Crippen molar-refractivity contribution in [3.63, 3.8) is 0 Å². The number of nitrogens with zero attached hydrogens (tertiary/aromatic N) is 4. The summed E-state index contributed by atoms with van der Waals surface area (Å²) in [6.07, 6.45) is 7.52. The average molecular weight is 461 g/mol. The fraction of sp³-hybridized carbons (Fsp3) is 0.316. The standard InChI is InChI=1S/C19H20N6O4S2/c1-2-29-17-11-20-9-15(24-17)16-10-23-19(30-16)18(26)22-8-13-7-12(5-6-21-13)25-31(27,28)14-3-4-14/h5-7,9-11,14H,2-4,8H2,1H3,(H,21,25)(H,22,26). The molecule has 1 amide bonds. The number of hydrogen-bond acceptors (Lipinski definition) is 9. The second-order valence-electron chi connectivity index (χ2n) is 6.77. The molecule has 162 valence electrons. The normalized spacial score (nSPS) is 13.6. The summed E-state index contributed by atoms with van der Waals surface area (Å²) in [5.41, 5.74) is 1.52. The van der Waals surface area contributed by atoms with E-state index in [0.29, 0.717) is 47.3 Å². The van der Waals surface area contributed by atoms with Crippen molar-refractivity contribution in [1.82, 2.24) is 25.3 Å². The van der Waals surface area contributed by atoms with Crippen LogP contribution in [0.2, 0.25) is 0 Å².